The van der Waals surface area contributed by atoms with Gasteiger partial charge in [-0.3, -0.25) is 9.10 Å². The highest BCUT2D eigenvalue weighted by molar-refractivity contribution is 7.92. The van der Waals surface area contributed by atoms with Crippen LogP contribution in [0.2, 0.25) is 0 Å². The molecule has 0 aliphatic heterocycles. The molecular weight excluding hydrogens is 392 g/mol. The van der Waals surface area contributed by atoms with Crippen LogP contribution in [0.15, 0.2) is 53.4 Å². The summed E-state index contributed by atoms with van der Waals surface area (Å²) < 4.78 is 38.3. The first-order valence-electron chi connectivity index (χ1n) is 9.25. The van der Waals surface area contributed by atoms with Gasteiger partial charge in [0.05, 0.1) is 24.8 Å². The molecule has 0 aliphatic rings. The molecule has 1 N–H and O–H groups in total. The third kappa shape index (κ3) is 5.41. The number of hydrogen-bond donors (Lipinski definition) is 1. The zero-order valence-corrected chi connectivity index (χ0v) is 18.2. The maximum atomic E-state index is 13.4. The molecule has 2 aromatic rings. The number of benzene rings is 2. The van der Waals surface area contributed by atoms with Gasteiger partial charge in [0.1, 0.15) is 18.0 Å². The van der Waals surface area contributed by atoms with Crippen molar-refractivity contribution >= 4 is 21.6 Å². The minimum atomic E-state index is -4.03. The van der Waals surface area contributed by atoms with Gasteiger partial charge >= 0.3 is 0 Å². The lowest BCUT2D eigenvalue weighted by molar-refractivity contribution is -0.121. The minimum absolute atomic E-state index is 0.0479. The molecule has 2 rings (SSSR count). The molecule has 0 atom stereocenters. The molecule has 0 fully saturated rings. The van der Waals surface area contributed by atoms with Crippen LogP contribution >= 0.6 is 0 Å². The second-order valence-corrected chi connectivity index (χ2v) is 9.01. The summed E-state index contributed by atoms with van der Waals surface area (Å²) in [5, 5.41) is 2.88. The van der Waals surface area contributed by atoms with Crippen molar-refractivity contribution in [1.82, 2.24) is 5.32 Å². The van der Waals surface area contributed by atoms with Crippen molar-refractivity contribution in [2.24, 2.45) is 0 Å². The van der Waals surface area contributed by atoms with Crippen LogP contribution in [-0.2, 0) is 14.8 Å². The molecule has 0 unspecified atom stereocenters. The predicted octanol–water partition coefficient (Wildman–Crippen LogP) is 3.20. The van der Waals surface area contributed by atoms with Gasteiger partial charge in [-0.05, 0) is 56.7 Å². The molecule has 8 heteroatoms. The van der Waals surface area contributed by atoms with E-state index in [0.29, 0.717) is 17.9 Å². The van der Waals surface area contributed by atoms with Crippen molar-refractivity contribution in [2.45, 2.75) is 37.6 Å². The van der Waals surface area contributed by atoms with Crippen molar-refractivity contribution in [3.63, 3.8) is 0 Å². The second kappa shape index (κ2) is 9.17. The standard InChI is InChI=1S/C21H28N2O5S/c1-6-21(2,3)22-20(24)15-23(18-9-7-8-10-19(18)28-5)29(25,26)17-13-11-16(27-4)12-14-17/h7-14H,6,15H2,1-5H3,(H,22,24). The summed E-state index contributed by atoms with van der Waals surface area (Å²) in [4.78, 5) is 12.7. The van der Waals surface area contributed by atoms with Crippen LogP contribution in [0.3, 0.4) is 0 Å². The number of anilines is 1. The highest BCUT2D eigenvalue weighted by atomic mass is 32.2. The zero-order valence-electron chi connectivity index (χ0n) is 17.4. The van der Waals surface area contributed by atoms with E-state index < -0.39 is 21.5 Å². The summed E-state index contributed by atoms with van der Waals surface area (Å²) >= 11 is 0. The third-order valence-corrected chi connectivity index (χ3v) is 6.42. The predicted molar refractivity (Wildman–Crippen MR) is 113 cm³/mol. The molecule has 0 aliphatic carbocycles. The number of hydrogen-bond acceptors (Lipinski definition) is 5. The van der Waals surface area contributed by atoms with Crippen LogP contribution in [0.4, 0.5) is 5.69 Å². The van der Waals surface area contributed by atoms with Gasteiger partial charge in [-0.1, -0.05) is 19.1 Å². The van der Waals surface area contributed by atoms with E-state index in [-0.39, 0.29) is 17.1 Å². The summed E-state index contributed by atoms with van der Waals surface area (Å²) in [7, 11) is -1.07. The lowest BCUT2D eigenvalue weighted by Gasteiger charge is -2.29. The summed E-state index contributed by atoms with van der Waals surface area (Å²) in [5.41, 5.74) is -0.164. The molecule has 0 saturated heterocycles. The first-order valence-corrected chi connectivity index (χ1v) is 10.7. The quantitative estimate of drug-likeness (QED) is 0.673. The summed E-state index contributed by atoms with van der Waals surface area (Å²) in [6.45, 7) is 5.34. The van der Waals surface area contributed by atoms with Gasteiger partial charge in [-0.15, -0.1) is 0 Å². The van der Waals surface area contributed by atoms with E-state index in [1.807, 2.05) is 20.8 Å². The number of rotatable bonds is 9. The number of carbonyl (C=O) groups is 1. The molecule has 0 saturated carbocycles. The number of nitrogens with zero attached hydrogens (tertiary/aromatic N) is 1. The smallest absolute Gasteiger partial charge is 0.264 e. The van der Waals surface area contributed by atoms with Crippen molar-refractivity contribution in [3.8, 4) is 11.5 Å². The average Bonchev–Trinajstić information content (AvgIpc) is 2.71. The van der Waals surface area contributed by atoms with E-state index in [1.54, 1.807) is 36.4 Å². The monoisotopic (exact) mass is 420 g/mol. The summed E-state index contributed by atoms with van der Waals surface area (Å²) in [6, 6.07) is 12.7. The Kier molecular flexibility index (Phi) is 7.13. The highest BCUT2D eigenvalue weighted by Crippen LogP contribution is 2.32. The highest BCUT2D eigenvalue weighted by Gasteiger charge is 2.30. The Bertz CT molecular complexity index is 940. The van der Waals surface area contributed by atoms with Gasteiger partial charge in [0, 0.05) is 5.54 Å². The van der Waals surface area contributed by atoms with Crippen LogP contribution in [0.25, 0.3) is 0 Å². The van der Waals surface area contributed by atoms with Crippen LogP contribution in [0.5, 0.6) is 11.5 Å². The Labute approximate surface area is 172 Å². The fraction of sp³-hybridized carbons (Fsp3) is 0.381. The molecule has 0 spiro atoms. The number of amides is 1. The maximum Gasteiger partial charge on any atom is 0.264 e. The number of ether oxygens (including phenoxy) is 2. The van der Waals surface area contributed by atoms with Gasteiger partial charge in [-0.2, -0.15) is 0 Å². The van der Waals surface area contributed by atoms with Gasteiger partial charge in [0.2, 0.25) is 5.91 Å². The fourth-order valence-electron chi connectivity index (χ4n) is 2.65. The largest absolute Gasteiger partial charge is 0.497 e. The Hall–Kier alpha value is -2.74. The van der Waals surface area contributed by atoms with Crippen molar-refractivity contribution in [2.75, 3.05) is 25.1 Å². The van der Waals surface area contributed by atoms with Gasteiger partial charge in [0.25, 0.3) is 10.0 Å². The second-order valence-electron chi connectivity index (χ2n) is 7.14. The molecule has 2 aromatic carbocycles. The maximum absolute atomic E-state index is 13.4. The van der Waals surface area contributed by atoms with E-state index in [4.69, 9.17) is 9.47 Å². The Morgan fingerprint density at radius 3 is 2.21 bits per heavy atom. The topological polar surface area (TPSA) is 84.9 Å². The molecule has 29 heavy (non-hydrogen) atoms. The van der Waals surface area contributed by atoms with Crippen LogP contribution in [0, 0.1) is 0 Å². The van der Waals surface area contributed by atoms with Crippen molar-refractivity contribution < 1.29 is 22.7 Å². The van der Waals surface area contributed by atoms with E-state index in [9.17, 15) is 13.2 Å². The third-order valence-electron chi connectivity index (χ3n) is 4.65. The molecule has 0 heterocycles. The van der Waals surface area contributed by atoms with Crippen LogP contribution in [-0.4, -0.2) is 40.6 Å². The molecular formula is C21H28N2O5S. The van der Waals surface area contributed by atoms with E-state index in [0.717, 1.165) is 4.31 Å². The van der Waals surface area contributed by atoms with Crippen LogP contribution < -0.4 is 19.1 Å². The number of methoxy groups -OCH3 is 2. The average molecular weight is 421 g/mol. The van der Waals surface area contributed by atoms with Gasteiger partial charge in [0.15, 0.2) is 0 Å². The number of carbonyl (C=O) groups excluding carboxylic acids is 1. The molecule has 7 nitrogen and oxygen atoms in total. The molecule has 158 valence electrons. The molecule has 1 amide bonds. The summed E-state index contributed by atoms with van der Waals surface area (Å²) in [6.07, 6.45) is 0.707. The van der Waals surface area contributed by atoms with Gasteiger partial charge < -0.3 is 14.8 Å². The van der Waals surface area contributed by atoms with Gasteiger partial charge in [-0.25, -0.2) is 8.42 Å². The lowest BCUT2D eigenvalue weighted by Crippen LogP contribution is -2.48. The minimum Gasteiger partial charge on any atom is -0.497 e. The first-order chi connectivity index (χ1) is 13.6. The van der Waals surface area contributed by atoms with E-state index >= 15 is 0 Å². The Morgan fingerprint density at radius 2 is 1.66 bits per heavy atom. The SMILES string of the molecule is CCC(C)(C)NC(=O)CN(c1ccccc1OC)S(=O)(=O)c1ccc(OC)cc1. The summed E-state index contributed by atoms with van der Waals surface area (Å²) in [5.74, 6) is 0.488. The molecule has 0 aromatic heterocycles. The van der Waals surface area contributed by atoms with Crippen molar-refractivity contribution in [3.05, 3.63) is 48.5 Å². The number of nitrogens with one attached hydrogen (secondary N) is 1. The normalized spacial score (nSPS) is 11.6. The molecule has 0 bridgehead atoms. The Balaban J connectivity index is 2.49. The lowest BCUT2D eigenvalue weighted by atomic mass is 10.0. The van der Waals surface area contributed by atoms with Crippen LogP contribution in [0.1, 0.15) is 27.2 Å². The van der Waals surface area contributed by atoms with Crippen molar-refractivity contribution in [1.29, 1.82) is 0 Å². The zero-order chi connectivity index (χ0) is 21.7. The molecule has 0 radical (unpaired) electrons. The van der Waals surface area contributed by atoms with E-state index in [2.05, 4.69) is 5.32 Å². The first kappa shape index (κ1) is 22.5. The van der Waals surface area contributed by atoms with E-state index in [1.165, 1.54) is 26.4 Å². The number of sulfonamides is 1. The number of para-hydroxylation sites is 2. The Morgan fingerprint density at radius 1 is 1.03 bits per heavy atom. The fourth-order valence-corrected chi connectivity index (χ4v) is 4.08.